The number of aryl methyl sites for hydroxylation is 1. The van der Waals surface area contributed by atoms with E-state index in [4.69, 9.17) is 11.6 Å². The molecule has 1 aromatic carbocycles. The van der Waals surface area contributed by atoms with Crippen LogP contribution >= 0.6 is 22.9 Å². The number of sulfonamides is 1. The van der Waals surface area contributed by atoms with E-state index in [0.717, 1.165) is 22.4 Å². The molecule has 2 aromatic rings. The van der Waals surface area contributed by atoms with E-state index < -0.39 is 10.0 Å². The van der Waals surface area contributed by atoms with E-state index in [2.05, 4.69) is 15.0 Å². The molecular weight excluding hydrogens is 318 g/mol. The highest BCUT2D eigenvalue weighted by atomic mass is 35.5. The maximum absolute atomic E-state index is 11.3. The van der Waals surface area contributed by atoms with Crippen LogP contribution in [0.25, 0.3) is 0 Å². The van der Waals surface area contributed by atoms with Gasteiger partial charge in [0.15, 0.2) is 4.47 Å². The van der Waals surface area contributed by atoms with E-state index in [0.29, 0.717) is 16.7 Å². The van der Waals surface area contributed by atoms with Crippen molar-refractivity contribution in [1.82, 2.24) is 4.98 Å². The van der Waals surface area contributed by atoms with E-state index in [1.807, 2.05) is 19.1 Å². The van der Waals surface area contributed by atoms with Gasteiger partial charge in [0.2, 0.25) is 10.0 Å². The molecule has 0 radical (unpaired) electrons. The molecule has 20 heavy (non-hydrogen) atoms. The molecule has 0 bridgehead atoms. The summed E-state index contributed by atoms with van der Waals surface area (Å²) in [5.74, 6) is 0. The summed E-state index contributed by atoms with van der Waals surface area (Å²) in [6.07, 6.45) is 2.84. The zero-order valence-electron chi connectivity index (χ0n) is 11.0. The summed E-state index contributed by atoms with van der Waals surface area (Å²) in [5, 5.41) is 3.20. The largest absolute Gasteiger partial charge is 0.380 e. The van der Waals surface area contributed by atoms with Crippen molar-refractivity contribution < 1.29 is 8.42 Å². The number of benzene rings is 1. The van der Waals surface area contributed by atoms with Gasteiger partial charge in [0.25, 0.3) is 0 Å². The van der Waals surface area contributed by atoms with E-state index in [1.54, 1.807) is 12.3 Å². The molecule has 0 spiro atoms. The van der Waals surface area contributed by atoms with Crippen molar-refractivity contribution in [3.8, 4) is 0 Å². The highest BCUT2D eigenvalue weighted by Gasteiger charge is 2.06. The van der Waals surface area contributed by atoms with Crippen LogP contribution in [0.1, 0.15) is 10.4 Å². The molecule has 0 saturated heterocycles. The van der Waals surface area contributed by atoms with Crippen LogP contribution in [0.4, 0.5) is 11.4 Å². The third kappa shape index (κ3) is 4.36. The van der Waals surface area contributed by atoms with Gasteiger partial charge in [-0.15, -0.1) is 11.3 Å². The van der Waals surface area contributed by atoms with Gasteiger partial charge < -0.3 is 5.32 Å². The lowest BCUT2D eigenvalue weighted by Gasteiger charge is -2.11. The van der Waals surface area contributed by atoms with E-state index in [1.165, 1.54) is 11.3 Å². The van der Waals surface area contributed by atoms with Crippen LogP contribution in [0.2, 0.25) is 4.47 Å². The average molecular weight is 332 g/mol. The molecule has 0 atom stereocenters. The van der Waals surface area contributed by atoms with Gasteiger partial charge in [0.1, 0.15) is 0 Å². The quantitative estimate of drug-likeness (QED) is 0.883. The lowest BCUT2D eigenvalue weighted by atomic mass is 10.2. The van der Waals surface area contributed by atoms with Crippen LogP contribution in [-0.2, 0) is 16.6 Å². The summed E-state index contributed by atoms with van der Waals surface area (Å²) < 4.78 is 25.6. The summed E-state index contributed by atoms with van der Waals surface area (Å²) in [7, 11) is -3.28. The molecule has 8 heteroatoms. The SMILES string of the molecule is Cc1ccc(NCc2cnc(Cl)s2)cc1NS(C)(=O)=O. The number of hydrogen-bond donors (Lipinski definition) is 2. The molecular formula is C12H14ClN3O2S2. The Kier molecular flexibility index (Phi) is 4.52. The Morgan fingerprint density at radius 3 is 2.75 bits per heavy atom. The second kappa shape index (κ2) is 5.99. The molecule has 0 aliphatic carbocycles. The highest BCUT2D eigenvalue weighted by Crippen LogP contribution is 2.23. The number of halogens is 1. The zero-order valence-corrected chi connectivity index (χ0v) is 13.4. The Balaban J connectivity index is 2.11. The molecule has 2 N–H and O–H groups in total. The number of hydrogen-bond acceptors (Lipinski definition) is 5. The lowest BCUT2D eigenvalue weighted by molar-refractivity contribution is 0.607. The first-order valence-corrected chi connectivity index (χ1v) is 8.84. The number of anilines is 2. The zero-order chi connectivity index (χ0) is 14.8. The van der Waals surface area contributed by atoms with Gasteiger partial charge >= 0.3 is 0 Å². The Hall–Kier alpha value is -1.31. The summed E-state index contributed by atoms with van der Waals surface area (Å²) in [5.41, 5.74) is 2.26. The summed E-state index contributed by atoms with van der Waals surface area (Å²) in [6.45, 7) is 2.44. The number of nitrogens with zero attached hydrogens (tertiary/aromatic N) is 1. The molecule has 0 amide bonds. The number of rotatable bonds is 5. The normalized spacial score (nSPS) is 11.3. The van der Waals surface area contributed by atoms with Crippen LogP contribution in [0.3, 0.4) is 0 Å². The molecule has 0 unspecified atom stereocenters. The predicted molar refractivity (Wildman–Crippen MR) is 84.1 cm³/mol. The van der Waals surface area contributed by atoms with E-state index in [-0.39, 0.29) is 0 Å². The van der Waals surface area contributed by atoms with Gasteiger partial charge in [-0.25, -0.2) is 13.4 Å². The van der Waals surface area contributed by atoms with E-state index in [9.17, 15) is 8.42 Å². The summed E-state index contributed by atoms with van der Waals surface area (Å²) in [4.78, 5) is 4.97. The third-order valence-corrected chi connectivity index (χ3v) is 4.23. The van der Waals surface area contributed by atoms with Crippen molar-refractivity contribution in [2.24, 2.45) is 0 Å². The highest BCUT2D eigenvalue weighted by molar-refractivity contribution is 7.92. The van der Waals surface area contributed by atoms with Crippen molar-refractivity contribution in [3.05, 3.63) is 39.3 Å². The fraction of sp³-hybridized carbons (Fsp3) is 0.250. The first-order valence-electron chi connectivity index (χ1n) is 5.76. The topological polar surface area (TPSA) is 71.1 Å². The van der Waals surface area contributed by atoms with Gasteiger partial charge in [-0.3, -0.25) is 4.72 Å². The predicted octanol–water partition coefficient (Wildman–Crippen LogP) is 3.09. The van der Waals surface area contributed by atoms with E-state index >= 15 is 0 Å². The maximum Gasteiger partial charge on any atom is 0.229 e. The molecule has 0 aliphatic rings. The van der Waals surface area contributed by atoms with Crippen LogP contribution in [0, 0.1) is 6.92 Å². The first-order chi connectivity index (χ1) is 9.33. The fourth-order valence-corrected chi connectivity index (χ4v) is 3.13. The second-order valence-electron chi connectivity index (χ2n) is 4.34. The minimum Gasteiger partial charge on any atom is -0.380 e. The van der Waals surface area contributed by atoms with Crippen LogP contribution < -0.4 is 10.0 Å². The Labute approximate surface area is 127 Å². The summed E-state index contributed by atoms with van der Waals surface area (Å²) in [6, 6.07) is 5.51. The van der Waals surface area contributed by atoms with Crippen molar-refractivity contribution in [3.63, 3.8) is 0 Å². The van der Waals surface area contributed by atoms with Crippen LogP contribution in [0.5, 0.6) is 0 Å². The molecule has 108 valence electrons. The number of aromatic nitrogens is 1. The number of thiazole rings is 1. The molecule has 0 fully saturated rings. The lowest BCUT2D eigenvalue weighted by Crippen LogP contribution is -2.11. The molecule has 2 rings (SSSR count). The van der Waals surface area contributed by atoms with Gasteiger partial charge in [-0.05, 0) is 24.6 Å². The first kappa shape index (κ1) is 15.1. The second-order valence-corrected chi connectivity index (χ2v) is 7.78. The van der Waals surface area contributed by atoms with Crippen LogP contribution in [-0.4, -0.2) is 19.7 Å². The Morgan fingerprint density at radius 1 is 1.40 bits per heavy atom. The monoisotopic (exact) mass is 331 g/mol. The molecule has 1 heterocycles. The Bertz CT molecular complexity index is 713. The third-order valence-electron chi connectivity index (χ3n) is 2.53. The van der Waals surface area contributed by atoms with Crippen molar-refractivity contribution in [1.29, 1.82) is 0 Å². The van der Waals surface area contributed by atoms with Crippen molar-refractivity contribution in [2.45, 2.75) is 13.5 Å². The average Bonchev–Trinajstić information content (AvgIpc) is 2.74. The van der Waals surface area contributed by atoms with Gasteiger partial charge in [0, 0.05) is 16.8 Å². The summed E-state index contributed by atoms with van der Waals surface area (Å²) >= 11 is 7.17. The molecule has 0 aliphatic heterocycles. The van der Waals surface area contributed by atoms with Crippen molar-refractivity contribution >= 4 is 44.3 Å². The van der Waals surface area contributed by atoms with Crippen molar-refractivity contribution in [2.75, 3.05) is 16.3 Å². The smallest absolute Gasteiger partial charge is 0.229 e. The minimum absolute atomic E-state index is 0.505. The standard InChI is InChI=1S/C12H14ClN3O2S2/c1-8-3-4-9(5-11(8)16-20(2,17)18)14-6-10-7-15-12(13)19-10/h3-5,7,14,16H,6H2,1-2H3. The molecule has 5 nitrogen and oxygen atoms in total. The fourth-order valence-electron chi connectivity index (χ4n) is 1.60. The van der Waals surface area contributed by atoms with Gasteiger partial charge in [-0.1, -0.05) is 17.7 Å². The maximum atomic E-state index is 11.3. The van der Waals surface area contributed by atoms with Crippen LogP contribution in [0.15, 0.2) is 24.4 Å². The number of nitrogens with one attached hydrogen (secondary N) is 2. The molecule has 1 aromatic heterocycles. The van der Waals surface area contributed by atoms with Gasteiger partial charge in [-0.2, -0.15) is 0 Å². The minimum atomic E-state index is -3.28. The van der Waals surface area contributed by atoms with Gasteiger partial charge in [0.05, 0.1) is 18.5 Å². The molecule has 0 saturated carbocycles. The Morgan fingerprint density at radius 2 is 2.15 bits per heavy atom.